The fourth-order valence-corrected chi connectivity index (χ4v) is 2.08. The van der Waals surface area contributed by atoms with Gasteiger partial charge in [-0.2, -0.15) is 0 Å². The maximum Gasteiger partial charge on any atom is 0.263 e. The van der Waals surface area contributed by atoms with Gasteiger partial charge >= 0.3 is 0 Å². The molecule has 2 nitrogen and oxygen atoms in total. The van der Waals surface area contributed by atoms with Crippen LogP contribution in [0.2, 0.25) is 5.15 Å². The van der Waals surface area contributed by atoms with Gasteiger partial charge in [-0.25, -0.2) is 13.8 Å². The molecule has 0 spiro atoms. The van der Waals surface area contributed by atoms with Crippen molar-refractivity contribution in [2.24, 2.45) is 0 Å². The van der Waals surface area contributed by atoms with Crippen LogP contribution in [0.15, 0.2) is 41.0 Å². The largest absolute Gasteiger partial charge is 0.378 e. The number of aromatic nitrogens is 1. The molecule has 0 aliphatic rings. The zero-order chi connectivity index (χ0) is 13.8. The van der Waals surface area contributed by atoms with Gasteiger partial charge in [0.2, 0.25) is 0 Å². The van der Waals surface area contributed by atoms with E-state index in [9.17, 15) is 8.78 Å². The lowest BCUT2D eigenvalue weighted by Gasteiger charge is -2.09. The van der Waals surface area contributed by atoms with E-state index in [1.165, 1.54) is 12.1 Å². The standard InChI is InChI=1S/C13H10BrClF2N2/c14-10-5-11(12(15)19-7-10)18-6-8-2-1-3-9(4-8)13(16)17/h1-5,7,13,18H,6H2. The lowest BCUT2D eigenvalue weighted by molar-refractivity contribution is 0.151. The average molecular weight is 348 g/mol. The summed E-state index contributed by atoms with van der Waals surface area (Å²) < 4.78 is 25.9. The fourth-order valence-electron chi connectivity index (χ4n) is 1.58. The Kier molecular flexibility index (Phi) is 4.71. The molecule has 2 aromatic rings. The van der Waals surface area contributed by atoms with Gasteiger partial charge < -0.3 is 5.32 Å². The first kappa shape index (κ1) is 14.2. The molecule has 19 heavy (non-hydrogen) atoms. The van der Waals surface area contributed by atoms with Gasteiger partial charge in [0.05, 0.1) is 5.69 Å². The summed E-state index contributed by atoms with van der Waals surface area (Å²) in [5.41, 5.74) is 1.42. The first-order valence-electron chi connectivity index (χ1n) is 5.48. The summed E-state index contributed by atoms with van der Waals surface area (Å²) in [4.78, 5) is 3.97. The Morgan fingerprint density at radius 1 is 1.32 bits per heavy atom. The molecule has 0 fully saturated rings. The van der Waals surface area contributed by atoms with E-state index < -0.39 is 6.43 Å². The van der Waals surface area contributed by atoms with E-state index in [1.54, 1.807) is 24.4 Å². The fraction of sp³-hybridized carbons (Fsp3) is 0.154. The molecule has 0 bridgehead atoms. The third-order valence-corrected chi connectivity index (χ3v) is 3.23. The highest BCUT2D eigenvalue weighted by molar-refractivity contribution is 9.10. The number of pyridine rings is 1. The molecule has 1 aromatic heterocycles. The quantitative estimate of drug-likeness (QED) is 0.783. The molecule has 0 saturated heterocycles. The Morgan fingerprint density at radius 2 is 2.11 bits per heavy atom. The van der Waals surface area contributed by atoms with E-state index >= 15 is 0 Å². The van der Waals surface area contributed by atoms with E-state index in [2.05, 4.69) is 26.2 Å². The smallest absolute Gasteiger partial charge is 0.263 e. The van der Waals surface area contributed by atoms with Gasteiger partial charge in [0.15, 0.2) is 5.15 Å². The number of hydrogen-bond donors (Lipinski definition) is 1. The van der Waals surface area contributed by atoms with Crippen LogP contribution in [-0.2, 0) is 6.54 Å². The molecule has 6 heteroatoms. The van der Waals surface area contributed by atoms with E-state index in [4.69, 9.17) is 11.6 Å². The molecule has 1 N–H and O–H groups in total. The minimum atomic E-state index is -2.46. The third-order valence-electron chi connectivity index (χ3n) is 2.49. The van der Waals surface area contributed by atoms with Crippen molar-refractivity contribution in [2.75, 3.05) is 5.32 Å². The molecule has 0 aliphatic heterocycles. The highest BCUT2D eigenvalue weighted by Gasteiger charge is 2.07. The molecular weight excluding hydrogens is 338 g/mol. The van der Waals surface area contributed by atoms with Gasteiger partial charge in [-0.15, -0.1) is 0 Å². The van der Waals surface area contributed by atoms with Crippen LogP contribution >= 0.6 is 27.5 Å². The van der Waals surface area contributed by atoms with Crippen LogP contribution < -0.4 is 5.32 Å². The summed E-state index contributed by atoms with van der Waals surface area (Å²) in [6.45, 7) is 0.401. The molecule has 1 heterocycles. The maximum absolute atomic E-state index is 12.6. The Balaban J connectivity index is 2.10. The number of nitrogens with zero attached hydrogens (tertiary/aromatic N) is 1. The molecule has 0 amide bonds. The first-order valence-corrected chi connectivity index (χ1v) is 6.65. The van der Waals surface area contributed by atoms with Gasteiger partial charge in [0, 0.05) is 22.8 Å². The second-order valence-electron chi connectivity index (χ2n) is 3.89. The second kappa shape index (κ2) is 6.30. The number of anilines is 1. The van der Waals surface area contributed by atoms with Crippen LogP contribution in [0.4, 0.5) is 14.5 Å². The number of halogens is 4. The SMILES string of the molecule is FC(F)c1cccc(CNc2cc(Br)cnc2Cl)c1. The van der Waals surface area contributed by atoms with Gasteiger partial charge in [0.25, 0.3) is 6.43 Å². The monoisotopic (exact) mass is 346 g/mol. The Bertz CT molecular complexity index is 578. The topological polar surface area (TPSA) is 24.9 Å². The van der Waals surface area contributed by atoms with E-state index in [-0.39, 0.29) is 5.56 Å². The summed E-state index contributed by atoms with van der Waals surface area (Å²) in [6.07, 6.45) is -0.874. The van der Waals surface area contributed by atoms with Gasteiger partial charge in [-0.1, -0.05) is 29.8 Å². The number of alkyl halides is 2. The van der Waals surface area contributed by atoms with Crippen molar-refractivity contribution < 1.29 is 8.78 Å². The van der Waals surface area contributed by atoms with Crippen LogP contribution in [0.25, 0.3) is 0 Å². The lowest BCUT2D eigenvalue weighted by atomic mass is 10.1. The molecule has 0 aliphatic carbocycles. The van der Waals surface area contributed by atoms with Crippen molar-refractivity contribution in [1.82, 2.24) is 4.98 Å². The van der Waals surface area contributed by atoms with E-state index in [1.807, 2.05) is 0 Å². The van der Waals surface area contributed by atoms with Gasteiger partial charge in [-0.05, 0) is 33.6 Å². The van der Waals surface area contributed by atoms with Crippen LogP contribution in [-0.4, -0.2) is 4.98 Å². The highest BCUT2D eigenvalue weighted by Crippen LogP contribution is 2.24. The summed E-state index contributed by atoms with van der Waals surface area (Å²) in [6, 6.07) is 8.04. The van der Waals surface area contributed by atoms with Gasteiger partial charge in [-0.3, -0.25) is 0 Å². The predicted octanol–water partition coefficient (Wildman–Crippen LogP) is 5.05. The molecular formula is C13H10BrClF2N2. The average Bonchev–Trinajstić information content (AvgIpc) is 2.40. The van der Waals surface area contributed by atoms with Crippen molar-refractivity contribution in [1.29, 1.82) is 0 Å². The number of hydrogen-bond acceptors (Lipinski definition) is 2. The van der Waals surface area contributed by atoms with Gasteiger partial charge in [0.1, 0.15) is 0 Å². The van der Waals surface area contributed by atoms with Crippen LogP contribution in [0.3, 0.4) is 0 Å². The zero-order valence-corrected chi connectivity index (χ0v) is 12.0. The lowest BCUT2D eigenvalue weighted by Crippen LogP contribution is -2.01. The molecule has 0 atom stereocenters. The Hall–Kier alpha value is -1.20. The molecule has 100 valence electrons. The number of nitrogens with one attached hydrogen (secondary N) is 1. The summed E-state index contributed by atoms with van der Waals surface area (Å²) in [5, 5.41) is 3.41. The zero-order valence-electron chi connectivity index (χ0n) is 9.71. The number of rotatable bonds is 4. The highest BCUT2D eigenvalue weighted by atomic mass is 79.9. The first-order chi connectivity index (χ1) is 9.06. The predicted molar refractivity (Wildman–Crippen MR) is 75.7 cm³/mol. The van der Waals surface area contributed by atoms with Crippen LogP contribution in [0.5, 0.6) is 0 Å². The van der Waals surface area contributed by atoms with E-state index in [0.29, 0.717) is 17.4 Å². The molecule has 1 aromatic carbocycles. The summed E-state index contributed by atoms with van der Waals surface area (Å²) >= 11 is 9.22. The van der Waals surface area contributed by atoms with Crippen molar-refractivity contribution in [2.45, 2.75) is 13.0 Å². The minimum absolute atomic E-state index is 0.0118. The maximum atomic E-state index is 12.6. The molecule has 2 rings (SSSR count). The van der Waals surface area contributed by atoms with Crippen LogP contribution in [0.1, 0.15) is 17.6 Å². The normalized spacial score (nSPS) is 10.8. The second-order valence-corrected chi connectivity index (χ2v) is 5.16. The summed E-state index contributed by atoms with van der Waals surface area (Å²) in [7, 11) is 0. The van der Waals surface area contributed by atoms with Crippen molar-refractivity contribution in [3.63, 3.8) is 0 Å². The van der Waals surface area contributed by atoms with E-state index in [0.717, 1.165) is 10.0 Å². The van der Waals surface area contributed by atoms with Crippen LogP contribution in [0, 0.1) is 0 Å². The Morgan fingerprint density at radius 3 is 2.84 bits per heavy atom. The molecule has 0 unspecified atom stereocenters. The third kappa shape index (κ3) is 3.88. The molecule has 0 saturated carbocycles. The molecule has 0 radical (unpaired) electrons. The van der Waals surface area contributed by atoms with Crippen molar-refractivity contribution in [3.05, 3.63) is 57.3 Å². The minimum Gasteiger partial charge on any atom is -0.378 e. The van der Waals surface area contributed by atoms with Crippen molar-refractivity contribution in [3.8, 4) is 0 Å². The Labute approximate surface area is 122 Å². The number of benzene rings is 1. The summed E-state index contributed by atoms with van der Waals surface area (Å²) in [5.74, 6) is 0. The van der Waals surface area contributed by atoms with Crippen molar-refractivity contribution >= 4 is 33.2 Å².